The third-order valence-electron chi connectivity index (χ3n) is 2.13. The number of aromatic nitrogens is 1. The Morgan fingerprint density at radius 1 is 1.56 bits per heavy atom. The molecule has 0 radical (unpaired) electrons. The van der Waals surface area contributed by atoms with Crippen LogP contribution in [0, 0.1) is 0 Å². The third kappa shape index (κ3) is 2.76. The van der Waals surface area contributed by atoms with Crippen LogP contribution in [0.4, 0.5) is 0 Å². The SMILES string of the molecule is O=C(NCCc1ccco1)c1cc(Br)c[nH]1. The summed E-state index contributed by atoms with van der Waals surface area (Å²) in [4.78, 5) is 14.5. The lowest BCUT2D eigenvalue weighted by Crippen LogP contribution is -2.25. The molecule has 0 bridgehead atoms. The molecule has 0 saturated carbocycles. The molecule has 2 aromatic heterocycles. The van der Waals surface area contributed by atoms with Crippen molar-refractivity contribution < 1.29 is 9.21 Å². The van der Waals surface area contributed by atoms with Crippen LogP contribution in [-0.4, -0.2) is 17.4 Å². The molecule has 0 saturated heterocycles. The summed E-state index contributed by atoms with van der Waals surface area (Å²) in [5, 5.41) is 2.80. The van der Waals surface area contributed by atoms with Crippen molar-refractivity contribution in [2.75, 3.05) is 6.54 Å². The molecule has 5 heteroatoms. The van der Waals surface area contributed by atoms with Crippen LogP contribution in [0.3, 0.4) is 0 Å². The summed E-state index contributed by atoms with van der Waals surface area (Å²) >= 11 is 3.27. The molecule has 2 aromatic rings. The number of amides is 1. The number of hydrogen-bond donors (Lipinski definition) is 2. The van der Waals surface area contributed by atoms with Gasteiger partial charge in [-0.15, -0.1) is 0 Å². The van der Waals surface area contributed by atoms with E-state index in [9.17, 15) is 4.79 Å². The molecule has 2 heterocycles. The van der Waals surface area contributed by atoms with Crippen molar-refractivity contribution in [1.82, 2.24) is 10.3 Å². The smallest absolute Gasteiger partial charge is 0.267 e. The molecule has 0 unspecified atom stereocenters. The summed E-state index contributed by atoms with van der Waals surface area (Å²) in [6.07, 6.45) is 4.04. The average molecular weight is 283 g/mol. The highest BCUT2D eigenvalue weighted by Crippen LogP contribution is 2.10. The molecule has 84 valence electrons. The van der Waals surface area contributed by atoms with Crippen LogP contribution in [0.2, 0.25) is 0 Å². The lowest BCUT2D eigenvalue weighted by Gasteiger charge is -2.01. The first-order valence-corrected chi connectivity index (χ1v) is 5.69. The number of furan rings is 1. The Balaban J connectivity index is 1.80. The highest BCUT2D eigenvalue weighted by molar-refractivity contribution is 9.10. The summed E-state index contributed by atoms with van der Waals surface area (Å²) < 4.78 is 6.02. The molecule has 2 N–H and O–H groups in total. The molecular formula is C11H11BrN2O2. The van der Waals surface area contributed by atoms with Crippen LogP contribution in [0.25, 0.3) is 0 Å². The maximum absolute atomic E-state index is 11.6. The summed E-state index contributed by atoms with van der Waals surface area (Å²) in [5.74, 6) is 0.755. The number of nitrogens with one attached hydrogen (secondary N) is 2. The minimum atomic E-state index is -0.114. The standard InChI is InChI=1S/C11H11BrN2O2/c12-8-6-10(14-7-8)11(15)13-4-3-9-2-1-5-16-9/h1-2,5-7,14H,3-4H2,(H,13,15). The van der Waals surface area contributed by atoms with Gasteiger partial charge in [-0.2, -0.15) is 0 Å². The van der Waals surface area contributed by atoms with E-state index >= 15 is 0 Å². The first kappa shape index (κ1) is 11.0. The Morgan fingerprint density at radius 3 is 3.06 bits per heavy atom. The maximum Gasteiger partial charge on any atom is 0.267 e. The predicted octanol–water partition coefficient (Wildman–Crippen LogP) is 2.34. The van der Waals surface area contributed by atoms with Gasteiger partial charge in [0.05, 0.1) is 6.26 Å². The predicted molar refractivity (Wildman–Crippen MR) is 63.2 cm³/mol. The van der Waals surface area contributed by atoms with Gasteiger partial charge in [-0.3, -0.25) is 4.79 Å². The lowest BCUT2D eigenvalue weighted by atomic mass is 10.3. The Morgan fingerprint density at radius 2 is 2.44 bits per heavy atom. The van der Waals surface area contributed by atoms with Gasteiger partial charge in [0.25, 0.3) is 5.91 Å². The molecule has 0 spiro atoms. The summed E-state index contributed by atoms with van der Waals surface area (Å²) in [6, 6.07) is 5.46. The van der Waals surface area contributed by atoms with Gasteiger partial charge < -0.3 is 14.7 Å². The molecule has 0 fully saturated rings. The molecular weight excluding hydrogens is 272 g/mol. The second kappa shape index (κ2) is 5.03. The van der Waals surface area contributed by atoms with E-state index in [0.29, 0.717) is 18.7 Å². The maximum atomic E-state index is 11.6. The van der Waals surface area contributed by atoms with Crippen molar-refractivity contribution in [3.63, 3.8) is 0 Å². The molecule has 0 aliphatic heterocycles. The van der Waals surface area contributed by atoms with Crippen molar-refractivity contribution >= 4 is 21.8 Å². The van der Waals surface area contributed by atoms with Gasteiger partial charge in [0.15, 0.2) is 0 Å². The van der Waals surface area contributed by atoms with Crippen molar-refractivity contribution in [2.45, 2.75) is 6.42 Å². The Hall–Kier alpha value is -1.49. The largest absolute Gasteiger partial charge is 0.469 e. The van der Waals surface area contributed by atoms with Crippen LogP contribution in [0.5, 0.6) is 0 Å². The average Bonchev–Trinajstić information content (AvgIpc) is 2.89. The third-order valence-corrected chi connectivity index (χ3v) is 2.59. The van der Waals surface area contributed by atoms with Crippen LogP contribution in [0.15, 0.2) is 39.5 Å². The number of aromatic amines is 1. The second-order valence-corrected chi connectivity index (χ2v) is 4.23. The molecule has 4 nitrogen and oxygen atoms in total. The highest BCUT2D eigenvalue weighted by atomic mass is 79.9. The highest BCUT2D eigenvalue weighted by Gasteiger charge is 2.06. The summed E-state index contributed by atoms with van der Waals surface area (Å²) in [5.41, 5.74) is 0.548. The normalized spacial score (nSPS) is 10.3. The molecule has 0 aliphatic carbocycles. The Labute approximate surface area is 101 Å². The van der Waals surface area contributed by atoms with Crippen molar-refractivity contribution in [3.8, 4) is 0 Å². The minimum Gasteiger partial charge on any atom is -0.469 e. The Bertz CT molecular complexity index is 462. The van der Waals surface area contributed by atoms with E-state index < -0.39 is 0 Å². The van der Waals surface area contributed by atoms with Crippen molar-refractivity contribution in [1.29, 1.82) is 0 Å². The minimum absolute atomic E-state index is 0.114. The van der Waals surface area contributed by atoms with Gasteiger partial charge in [0.1, 0.15) is 11.5 Å². The molecule has 0 aliphatic rings. The van der Waals surface area contributed by atoms with E-state index in [-0.39, 0.29) is 5.91 Å². The van der Waals surface area contributed by atoms with Crippen molar-refractivity contribution in [2.24, 2.45) is 0 Å². The summed E-state index contributed by atoms with van der Waals surface area (Å²) in [6.45, 7) is 0.559. The van der Waals surface area contributed by atoms with E-state index in [2.05, 4.69) is 26.2 Å². The van der Waals surface area contributed by atoms with E-state index in [1.807, 2.05) is 12.1 Å². The fourth-order valence-corrected chi connectivity index (χ4v) is 1.69. The zero-order chi connectivity index (χ0) is 11.4. The van der Waals surface area contributed by atoms with Crippen LogP contribution < -0.4 is 5.32 Å². The van der Waals surface area contributed by atoms with Gasteiger partial charge in [0.2, 0.25) is 0 Å². The number of carbonyl (C=O) groups is 1. The van der Waals surface area contributed by atoms with Crippen LogP contribution in [-0.2, 0) is 6.42 Å². The zero-order valence-corrected chi connectivity index (χ0v) is 10.1. The van der Waals surface area contributed by atoms with E-state index in [0.717, 1.165) is 10.2 Å². The quantitative estimate of drug-likeness (QED) is 0.904. The number of H-pyrrole nitrogens is 1. The topological polar surface area (TPSA) is 58.0 Å². The molecule has 16 heavy (non-hydrogen) atoms. The fraction of sp³-hybridized carbons (Fsp3) is 0.182. The first-order chi connectivity index (χ1) is 7.75. The first-order valence-electron chi connectivity index (χ1n) is 4.90. The monoisotopic (exact) mass is 282 g/mol. The van der Waals surface area contributed by atoms with E-state index in [1.54, 1.807) is 18.5 Å². The van der Waals surface area contributed by atoms with Gasteiger partial charge in [-0.1, -0.05) is 0 Å². The number of hydrogen-bond acceptors (Lipinski definition) is 2. The van der Waals surface area contributed by atoms with Crippen LogP contribution in [0.1, 0.15) is 16.2 Å². The molecule has 0 aromatic carbocycles. The van der Waals surface area contributed by atoms with Crippen LogP contribution >= 0.6 is 15.9 Å². The lowest BCUT2D eigenvalue weighted by molar-refractivity contribution is 0.0949. The van der Waals surface area contributed by atoms with Gasteiger partial charge in [-0.05, 0) is 34.1 Å². The van der Waals surface area contributed by atoms with Gasteiger partial charge in [-0.25, -0.2) is 0 Å². The summed E-state index contributed by atoms with van der Waals surface area (Å²) in [7, 11) is 0. The molecule has 0 atom stereocenters. The second-order valence-electron chi connectivity index (χ2n) is 3.32. The number of halogens is 1. The fourth-order valence-electron chi connectivity index (χ4n) is 1.35. The molecule has 2 rings (SSSR count). The molecule has 1 amide bonds. The van der Waals surface area contributed by atoms with E-state index in [4.69, 9.17) is 4.42 Å². The number of rotatable bonds is 4. The zero-order valence-electron chi connectivity index (χ0n) is 8.50. The van der Waals surface area contributed by atoms with Gasteiger partial charge in [0, 0.05) is 23.6 Å². The van der Waals surface area contributed by atoms with E-state index in [1.165, 1.54) is 0 Å². The Kier molecular flexibility index (Phi) is 3.46. The van der Waals surface area contributed by atoms with Crippen molar-refractivity contribution in [3.05, 3.63) is 46.6 Å². The van der Waals surface area contributed by atoms with Gasteiger partial charge >= 0.3 is 0 Å². The number of carbonyl (C=O) groups excluding carboxylic acids is 1.